The molecule has 1 N–H and O–H groups in total. The molecule has 2 atom stereocenters. The van der Waals surface area contributed by atoms with E-state index in [1.54, 1.807) is 9.36 Å². The molecule has 0 radical (unpaired) electrons. The number of benzene rings is 1. The molecule has 1 amide bonds. The molecule has 0 spiro atoms. The van der Waals surface area contributed by atoms with Gasteiger partial charge in [0.25, 0.3) is 5.56 Å². The predicted octanol–water partition coefficient (Wildman–Crippen LogP) is 1.53. The van der Waals surface area contributed by atoms with Crippen molar-refractivity contribution in [2.45, 2.75) is 33.0 Å². The van der Waals surface area contributed by atoms with Gasteiger partial charge < -0.3 is 10.1 Å². The topological polar surface area (TPSA) is 68.5 Å². The van der Waals surface area contributed by atoms with E-state index in [0.717, 1.165) is 11.4 Å². The van der Waals surface area contributed by atoms with Crippen molar-refractivity contribution in [3.8, 4) is 5.69 Å². The number of nitrogens with one attached hydrogen (secondary N) is 1. The zero-order valence-corrected chi connectivity index (χ0v) is 15.7. The third kappa shape index (κ3) is 3.73. The van der Waals surface area contributed by atoms with Crippen molar-refractivity contribution in [2.24, 2.45) is 7.05 Å². The van der Waals surface area contributed by atoms with Gasteiger partial charge in [-0.05, 0) is 32.9 Å². The van der Waals surface area contributed by atoms with Gasteiger partial charge in [0.2, 0.25) is 5.91 Å². The highest BCUT2D eigenvalue weighted by molar-refractivity contribution is 5.92. The summed E-state index contributed by atoms with van der Waals surface area (Å²) in [6, 6.07) is 9.38. The van der Waals surface area contributed by atoms with Gasteiger partial charge in [-0.15, -0.1) is 0 Å². The molecule has 1 aliphatic rings. The first-order chi connectivity index (χ1) is 12.4. The van der Waals surface area contributed by atoms with Crippen LogP contribution in [0.25, 0.3) is 5.69 Å². The fourth-order valence-corrected chi connectivity index (χ4v) is 3.51. The van der Waals surface area contributed by atoms with Crippen LogP contribution in [0.3, 0.4) is 0 Å². The van der Waals surface area contributed by atoms with Gasteiger partial charge >= 0.3 is 0 Å². The molecule has 3 rings (SSSR count). The van der Waals surface area contributed by atoms with Crippen LogP contribution < -0.4 is 10.9 Å². The van der Waals surface area contributed by atoms with Crippen LogP contribution in [0.5, 0.6) is 0 Å². The summed E-state index contributed by atoms with van der Waals surface area (Å²) in [5.74, 6) is -0.183. The van der Waals surface area contributed by atoms with E-state index in [0.29, 0.717) is 18.8 Å². The fourth-order valence-electron chi connectivity index (χ4n) is 3.51. The first kappa shape index (κ1) is 18.4. The molecule has 1 aromatic heterocycles. The SMILES string of the molecule is Cc1c(NC(=O)CN2C[C@@H](C)O[C@H](C)C2)c(=O)n(-c2ccccc2)n1C. The zero-order valence-electron chi connectivity index (χ0n) is 15.7. The standard InChI is InChI=1S/C19H26N4O3/c1-13-10-22(11-14(2)26-13)12-17(24)20-18-15(3)21(4)23(19(18)25)16-8-6-5-7-9-16/h5-9,13-14H,10-12H2,1-4H3,(H,20,24)/t13-,14-/m1/s1. The van der Waals surface area contributed by atoms with Crippen molar-refractivity contribution in [1.29, 1.82) is 0 Å². The summed E-state index contributed by atoms with van der Waals surface area (Å²) >= 11 is 0. The Balaban J connectivity index is 1.78. The number of rotatable bonds is 4. The van der Waals surface area contributed by atoms with E-state index >= 15 is 0 Å². The lowest BCUT2D eigenvalue weighted by molar-refractivity contribution is -0.121. The number of para-hydroxylation sites is 1. The normalized spacial score (nSPS) is 20.9. The molecular weight excluding hydrogens is 332 g/mol. The second kappa shape index (κ2) is 7.47. The Bertz CT molecular complexity index is 830. The molecule has 0 bridgehead atoms. The molecule has 0 aliphatic carbocycles. The Kier molecular flexibility index (Phi) is 5.29. The summed E-state index contributed by atoms with van der Waals surface area (Å²) in [4.78, 5) is 27.4. The molecule has 1 fully saturated rings. The third-order valence-corrected chi connectivity index (χ3v) is 4.68. The summed E-state index contributed by atoms with van der Waals surface area (Å²) in [5, 5.41) is 2.81. The molecule has 140 valence electrons. The van der Waals surface area contributed by atoms with Crippen LogP contribution in [0.1, 0.15) is 19.5 Å². The molecule has 2 aromatic rings. The van der Waals surface area contributed by atoms with Crippen LogP contribution in [0.15, 0.2) is 35.1 Å². The molecule has 26 heavy (non-hydrogen) atoms. The molecule has 0 unspecified atom stereocenters. The second-order valence-corrected chi connectivity index (χ2v) is 6.94. The van der Waals surface area contributed by atoms with Crippen molar-refractivity contribution < 1.29 is 9.53 Å². The van der Waals surface area contributed by atoms with E-state index in [1.807, 2.05) is 58.2 Å². The highest BCUT2D eigenvalue weighted by Crippen LogP contribution is 2.15. The van der Waals surface area contributed by atoms with Gasteiger partial charge in [0.15, 0.2) is 0 Å². The molecule has 2 heterocycles. The monoisotopic (exact) mass is 358 g/mol. The van der Waals surface area contributed by atoms with Crippen molar-refractivity contribution in [3.05, 3.63) is 46.4 Å². The van der Waals surface area contributed by atoms with E-state index < -0.39 is 0 Å². The number of carbonyl (C=O) groups is 1. The van der Waals surface area contributed by atoms with Gasteiger partial charge in [0.1, 0.15) is 5.69 Å². The Hall–Kier alpha value is -2.38. The predicted molar refractivity (Wildman–Crippen MR) is 101 cm³/mol. The van der Waals surface area contributed by atoms with Crippen LogP contribution in [-0.4, -0.2) is 52.0 Å². The molecule has 1 saturated heterocycles. The first-order valence-electron chi connectivity index (χ1n) is 8.88. The number of amides is 1. The Morgan fingerprint density at radius 1 is 1.19 bits per heavy atom. The van der Waals surface area contributed by atoms with E-state index in [2.05, 4.69) is 10.2 Å². The van der Waals surface area contributed by atoms with Crippen LogP contribution in [-0.2, 0) is 16.6 Å². The van der Waals surface area contributed by atoms with Crippen LogP contribution in [0.2, 0.25) is 0 Å². The number of morpholine rings is 1. The number of nitrogens with zero attached hydrogens (tertiary/aromatic N) is 3. The third-order valence-electron chi connectivity index (χ3n) is 4.68. The lowest BCUT2D eigenvalue weighted by atomic mass is 10.2. The Labute approximate surface area is 153 Å². The van der Waals surface area contributed by atoms with Gasteiger partial charge in [-0.3, -0.25) is 19.2 Å². The van der Waals surface area contributed by atoms with E-state index in [1.165, 1.54) is 0 Å². The molecule has 7 nitrogen and oxygen atoms in total. The van der Waals surface area contributed by atoms with E-state index in [4.69, 9.17) is 4.74 Å². The van der Waals surface area contributed by atoms with Crippen LogP contribution in [0.4, 0.5) is 5.69 Å². The summed E-state index contributed by atoms with van der Waals surface area (Å²) in [5.41, 5.74) is 1.58. The van der Waals surface area contributed by atoms with Gasteiger partial charge in [-0.1, -0.05) is 18.2 Å². The molecule has 0 saturated carbocycles. The van der Waals surface area contributed by atoms with Crippen LogP contribution >= 0.6 is 0 Å². The quantitative estimate of drug-likeness (QED) is 0.900. The smallest absolute Gasteiger partial charge is 0.295 e. The number of hydrogen-bond acceptors (Lipinski definition) is 4. The van der Waals surface area contributed by atoms with Gasteiger partial charge in [0, 0.05) is 20.1 Å². The minimum Gasteiger partial charge on any atom is -0.373 e. The van der Waals surface area contributed by atoms with Crippen molar-refractivity contribution in [1.82, 2.24) is 14.3 Å². The number of carbonyl (C=O) groups excluding carboxylic acids is 1. The van der Waals surface area contributed by atoms with Crippen molar-refractivity contribution >= 4 is 11.6 Å². The lowest BCUT2D eigenvalue weighted by Gasteiger charge is -2.34. The summed E-state index contributed by atoms with van der Waals surface area (Å²) in [7, 11) is 1.81. The van der Waals surface area contributed by atoms with Crippen molar-refractivity contribution in [3.63, 3.8) is 0 Å². The highest BCUT2D eigenvalue weighted by atomic mass is 16.5. The number of hydrogen-bond donors (Lipinski definition) is 1. The average molecular weight is 358 g/mol. The Morgan fingerprint density at radius 3 is 2.42 bits per heavy atom. The number of aromatic nitrogens is 2. The lowest BCUT2D eigenvalue weighted by Crippen LogP contribution is -2.48. The van der Waals surface area contributed by atoms with Crippen LogP contribution in [0, 0.1) is 6.92 Å². The largest absolute Gasteiger partial charge is 0.373 e. The molecule has 1 aromatic carbocycles. The summed E-state index contributed by atoms with van der Waals surface area (Å²) in [6.45, 7) is 7.49. The Morgan fingerprint density at radius 2 is 1.81 bits per heavy atom. The average Bonchev–Trinajstić information content (AvgIpc) is 2.78. The maximum atomic E-state index is 12.8. The number of anilines is 1. The summed E-state index contributed by atoms with van der Waals surface area (Å²) < 4.78 is 9.01. The molecule has 7 heteroatoms. The van der Waals surface area contributed by atoms with E-state index in [9.17, 15) is 9.59 Å². The maximum absolute atomic E-state index is 12.8. The van der Waals surface area contributed by atoms with Gasteiger partial charge in [0.05, 0.1) is 30.1 Å². The minimum absolute atomic E-state index is 0.0975. The second-order valence-electron chi connectivity index (χ2n) is 6.94. The van der Waals surface area contributed by atoms with Gasteiger partial charge in [-0.25, -0.2) is 4.68 Å². The molecule has 1 aliphatic heterocycles. The zero-order chi connectivity index (χ0) is 18.8. The molecular formula is C19H26N4O3. The first-order valence-corrected chi connectivity index (χ1v) is 8.88. The summed E-state index contributed by atoms with van der Waals surface area (Å²) in [6.07, 6.45) is 0.195. The number of ether oxygens (including phenoxy) is 1. The minimum atomic E-state index is -0.228. The maximum Gasteiger partial charge on any atom is 0.295 e. The fraction of sp³-hybridized carbons (Fsp3) is 0.474. The highest BCUT2D eigenvalue weighted by Gasteiger charge is 2.25. The van der Waals surface area contributed by atoms with Gasteiger partial charge in [-0.2, -0.15) is 0 Å². The van der Waals surface area contributed by atoms with E-state index in [-0.39, 0.29) is 30.2 Å². The van der Waals surface area contributed by atoms with Crippen molar-refractivity contribution in [2.75, 3.05) is 25.0 Å².